The Kier molecular flexibility index (Phi) is 4.50. The Balaban J connectivity index is 1.25. The number of likely N-dealkylation sites (tertiary alicyclic amines) is 1. The molecule has 3 saturated heterocycles. The fourth-order valence-electron chi connectivity index (χ4n) is 5.95. The lowest BCUT2D eigenvalue weighted by Crippen LogP contribution is -2.48. The van der Waals surface area contributed by atoms with Crippen LogP contribution in [0.5, 0.6) is 0 Å². The molecule has 2 aromatic heterocycles. The zero-order chi connectivity index (χ0) is 21.1. The Morgan fingerprint density at radius 3 is 2.71 bits per heavy atom. The molecule has 2 N–H and O–H groups in total. The van der Waals surface area contributed by atoms with Crippen molar-refractivity contribution < 1.29 is 9.13 Å². The van der Waals surface area contributed by atoms with Crippen LogP contribution in [0.2, 0.25) is 0 Å². The molecule has 4 atom stereocenters. The predicted molar refractivity (Wildman–Crippen MR) is 113 cm³/mol. The number of ether oxygens (including phenoxy) is 1. The van der Waals surface area contributed by atoms with Gasteiger partial charge in [0, 0.05) is 56.4 Å². The number of fused-ring (bicyclic) bond motifs is 6. The Bertz CT molecular complexity index is 1060. The monoisotopic (exact) mass is 426 g/mol. The van der Waals surface area contributed by atoms with Crippen molar-refractivity contribution in [3.63, 3.8) is 0 Å². The molecule has 0 radical (unpaired) electrons. The zero-order valence-corrected chi connectivity index (χ0v) is 17.4. The van der Waals surface area contributed by atoms with Crippen molar-refractivity contribution in [2.24, 2.45) is 5.92 Å². The first-order valence-electron chi connectivity index (χ1n) is 11.2. The summed E-state index contributed by atoms with van der Waals surface area (Å²) in [4.78, 5) is 25.5. The maximum Gasteiger partial charge on any atom is 0.255 e. The van der Waals surface area contributed by atoms with Gasteiger partial charge in [0.1, 0.15) is 6.33 Å². The summed E-state index contributed by atoms with van der Waals surface area (Å²) in [6.07, 6.45) is 5.21. The molecule has 0 saturated carbocycles. The molecule has 4 aliphatic heterocycles. The molecule has 31 heavy (non-hydrogen) atoms. The van der Waals surface area contributed by atoms with Crippen molar-refractivity contribution >= 4 is 11.6 Å². The van der Waals surface area contributed by atoms with Crippen LogP contribution >= 0.6 is 0 Å². The average Bonchev–Trinajstić information content (AvgIpc) is 3.10. The lowest BCUT2D eigenvalue weighted by atomic mass is 9.83. The number of halogens is 1. The molecule has 0 amide bonds. The largest absolute Gasteiger partial charge is 0.381 e. The van der Waals surface area contributed by atoms with E-state index in [1.807, 2.05) is 15.5 Å². The summed E-state index contributed by atoms with van der Waals surface area (Å²) < 4.78 is 22.4. The van der Waals surface area contributed by atoms with Crippen LogP contribution in [0.1, 0.15) is 36.4 Å². The van der Waals surface area contributed by atoms with E-state index in [1.54, 1.807) is 0 Å². The third kappa shape index (κ3) is 3.30. The van der Waals surface area contributed by atoms with Gasteiger partial charge in [-0.2, -0.15) is 4.39 Å². The molecule has 0 unspecified atom stereocenters. The van der Waals surface area contributed by atoms with Crippen LogP contribution in [0.15, 0.2) is 23.3 Å². The van der Waals surface area contributed by atoms with Gasteiger partial charge >= 0.3 is 0 Å². The van der Waals surface area contributed by atoms with Crippen molar-refractivity contribution in [3.8, 4) is 0 Å². The smallest absolute Gasteiger partial charge is 0.255 e. The summed E-state index contributed by atoms with van der Waals surface area (Å²) in [5, 5.41) is 0. The van der Waals surface area contributed by atoms with Crippen LogP contribution < -0.4 is 16.2 Å². The molecular formula is C22H27FN6O2. The van der Waals surface area contributed by atoms with E-state index in [2.05, 4.69) is 20.9 Å². The number of anilines is 2. The number of hydrogen-bond acceptors (Lipinski definition) is 7. The number of hydrogen-bond donors (Lipinski definition) is 1. The number of piperidine rings is 1. The van der Waals surface area contributed by atoms with Crippen LogP contribution in [0, 0.1) is 11.7 Å². The highest BCUT2D eigenvalue weighted by atomic mass is 19.1. The molecule has 6 heterocycles. The molecule has 8 nitrogen and oxygen atoms in total. The van der Waals surface area contributed by atoms with Crippen molar-refractivity contribution in [2.75, 3.05) is 36.8 Å². The Hall–Kier alpha value is -2.52. The number of pyridine rings is 1. The number of nitrogens with two attached hydrogens (primary N) is 1. The highest BCUT2D eigenvalue weighted by molar-refractivity contribution is 5.49. The van der Waals surface area contributed by atoms with Gasteiger partial charge in [-0.3, -0.25) is 9.69 Å². The first kappa shape index (κ1) is 19.2. The summed E-state index contributed by atoms with van der Waals surface area (Å²) in [6, 6.07) is 4.09. The highest BCUT2D eigenvalue weighted by Crippen LogP contribution is 2.37. The highest BCUT2D eigenvalue weighted by Gasteiger charge is 2.37. The van der Waals surface area contributed by atoms with E-state index in [-0.39, 0.29) is 29.0 Å². The number of rotatable bonds is 3. The van der Waals surface area contributed by atoms with Gasteiger partial charge in [0.15, 0.2) is 11.6 Å². The maximum absolute atomic E-state index is 14.5. The molecule has 164 valence electrons. The maximum atomic E-state index is 14.5. The fraction of sp³-hybridized carbons (Fsp3) is 0.591. The van der Waals surface area contributed by atoms with E-state index in [4.69, 9.17) is 10.5 Å². The molecule has 2 aromatic rings. The van der Waals surface area contributed by atoms with Gasteiger partial charge in [-0.25, -0.2) is 9.97 Å². The van der Waals surface area contributed by atoms with Gasteiger partial charge in [-0.15, -0.1) is 0 Å². The summed E-state index contributed by atoms with van der Waals surface area (Å²) >= 11 is 0. The number of aromatic nitrogens is 3. The van der Waals surface area contributed by atoms with Gasteiger partial charge in [-0.05, 0) is 31.2 Å². The number of nitrogen functional groups attached to an aromatic ring is 1. The van der Waals surface area contributed by atoms with E-state index in [0.29, 0.717) is 38.4 Å². The summed E-state index contributed by atoms with van der Waals surface area (Å²) in [5.74, 6) is 0.0166. The molecular weight excluding hydrogens is 399 g/mol. The molecule has 4 aliphatic rings. The normalized spacial score (nSPS) is 29.8. The minimum atomic E-state index is -0.560. The Morgan fingerprint density at radius 1 is 1.10 bits per heavy atom. The second kappa shape index (κ2) is 7.27. The molecule has 6 rings (SSSR count). The Labute approximate surface area is 179 Å². The molecule has 0 aliphatic carbocycles. The van der Waals surface area contributed by atoms with Crippen molar-refractivity contribution in [1.82, 2.24) is 19.4 Å². The second-order valence-corrected chi connectivity index (χ2v) is 9.45. The summed E-state index contributed by atoms with van der Waals surface area (Å²) in [5.41, 5.74) is 7.66. The number of nitrogens with zero attached hydrogens (tertiary/aromatic N) is 5. The lowest BCUT2D eigenvalue weighted by molar-refractivity contribution is -0.0412. The van der Waals surface area contributed by atoms with Gasteiger partial charge in [0.2, 0.25) is 5.82 Å². The van der Waals surface area contributed by atoms with Crippen LogP contribution in [0.4, 0.5) is 16.0 Å². The summed E-state index contributed by atoms with van der Waals surface area (Å²) in [6.45, 7) is 4.44. The standard InChI is InChI=1S/C22H27FN6O2/c23-19-20(24)25-12-26-21(19)28-6-13-5-15(9-28)18-4-1-14(22(30)29(18)7-13)8-27-10-16-2-3-17(11-27)31-16/h1,4,12-13,15-17H,2-3,5-11H2,(H2,24,25,26)/t13-,15+,16-,17+/m0/s1. The van der Waals surface area contributed by atoms with Gasteiger partial charge in [-0.1, -0.05) is 6.07 Å². The molecule has 0 aromatic carbocycles. The van der Waals surface area contributed by atoms with Gasteiger partial charge in [0.05, 0.1) is 12.2 Å². The van der Waals surface area contributed by atoms with Crippen molar-refractivity contribution in [3.05, 3.63) is 45.9 Å². The minimum Gasteiger partial charge on any atom is -0.381 e. The first-order valence-corrected chi connectivity index (χ1v) is 11.2. The third-order valence-electron chi connectivity index (χ3n) is 7.29. The van der Waals surface area contributed by atoms with E-state index in [0.717, 1.165) is 43.6 Å². The minimum absolute atomic E-state index is 0.122. The SMILES string of the molecule is Nc1ncnc(N2C[C@@H]3C[C@H](C2)c2ccc(CN4C[C@H]5CC[C@@H](C4)O5)c(=O)n2C3)c1F. The van der Waals surface area contributed by atoms with Crippen LogP contribution in [0.3, 0.4) is 0 Å². The lowest BCUT2D eigenvalue weighted by Gasteiger charge is -2.43. The number of morpholine rings is 1. The quantitative estimate of drug-likeness (QED) is 0.792. The van der Waals surface area contributed by atoms with E-state index >= 15 is 0 Å². The fourth-order valence-corrected chi connectivity index (χ4v) is 5.95. The van der Waals surface area contributed by atoms with Crippen LogP contribution in [-0.4, -0.2) is 57.8 Å². The first-order chi connectivity index (χ1) is 15.0. The molecule has 4 bridgehead atoms. The zero-order valence-electron chi connectivity index (χ0n) is 17.4. The second-order valence-electron chi connectivity index (χ2n) is 9.45. The molecule has 3 fully saturated rings. The van der Waals surface area contributed by atoms with E-state index in [1.165, 1.54) is 6.33 Å². The van der Waals surface area contributed by atoms with Gasteiger partial charge < -0.3 is 19.9 Å². The summed E-state index contributed by atoms with van der Waals surface area (Å²) in [7, 11) is 0. The Morgan fingerprint density at radius 2 is 1.90 bits per heavy atom. The topological polar surface area (TPSA) is 89.5 Å². The van der Waals surface area contributed by atoms with E-state index in [9.17, 15) is 9.18 Å². The van der Waals surface area contributed by atoms with Gasteiger partial charge in [0.25, 0.3) is 5.56 Å². The van der Waals surface area contributed by atoms with Crippen LogP contribution in [-0.2, 0) is 17.8 Å². The van der Waals surface area contributed by atoms with E-state index < -0.39 is 5.82 Å². The van der Waals surface area contributed by atoms with Crippen LogP contribution in [0.25, 0.3) is 0 Å². The van der Waals surface area contributed by atoms with Crippen molar-refractivity contribution in [2.45, 2.75) is 50.5 Å². The molecule has 9 heteroatoms. The molecule has 0 spiro atoms. The van der Waals surface area contributed by atoms with Crippen molar-refractivity contribution in [1.29, 1.82) is 0 Å². The third-order valence-corrected chi connectivity index (χ3v) is 7.29. The predicted octanol–water partition coefficient (Wildman–Crippen LogP) is 1.35. The average molecular weight is 426 g/mol.